The van der Waals surface area contributed by atoms with E-state index in [0.717, 1.165) is 4.57 Å². The third-order valence-electron chi connectivity index (χ3n) is 1.54. The summed E-state index contributed by atoms with van der Waals surface area (Å²) in [7, 11) is 1.45. The first-order valence-corrected chi connectivity index (χ1v) is 3.76. The Morgan fingerprint density at radius 1 is 1.64 bits per heavy atom. The molecule has 0 saturated carbocycles. The molecule has 0 bridgehead atoms. The van der Waals surface area contributed by atoms with E-state index in [0.29, 0.717) is 0 Å². The standard InChI is InChI=1S/C7H9N3O4/c1-10-3-4(8-2-5(11)12)6(13)9-7(10)14/h3,8H,2H2,1H3,(H,11,12)(H,9,13,14). The summed E-state index contributed by atoms with van der Waals surface area (Å²) in [5.74, 6) is -1.08. The molecule has 7 nitrogen and oxygen atoms in total. The molecule has 0 aliphatic carbocycles. The van der Waals surface area contributed by atoms with Crippen LogP contribution < -0.4 is 16.6 Å². The third kappa shape index (κ3) is 2.22. The molecule has 1 rings (SSSR count). The van der Waals surface area contributed by atoms with E-state index in [1.165, 1.54) is 13.2 Å². The predicted octanol–water partition coefficient (Wildman–Crippen LogP) is -1.43. The Kier molecular flexibility index (Phi) is 2.70. The number of rotatable bonds is 3. The number of carbonyl (C=O) groups is 1. The number of H-pyrrole nitrogens is 1. The maximum atomic E-state index is 11.1. The number of aryl methyl sites for hydroxylation is 1. The summed E-state index contributed by atoms with van der Waals surface area (Å²) in [6.45, 7) is -0.374. The second kappa shape index (κ2) is 3.77. The largest absolute Gasteiger partial charge is 0.480 e. The van der Waals surface area contributed by atoms with Crippen molar-refractivity contribution >= 4 is 11.7 Å². The van der Waals surface area contributed by atoms with Crippen LogP contribution in [-0.2, 0) is 11.8 Å². The zero-order chi connectivity index (χ0) is 10.7. The number of carboxylic acids is 1. The van der Waals surface area contributed by atoms with Crippen molar-refractivity contribution in [3.05, 3.63) is 27.0 Å². The van der Waals surface area contributed by atoms with Crippen LogP contribution in [0.1, 0.15) is 0 Å². The van der Waals surface area contributed by atoms with Gasteiger partial charge in [-0.1, -0.05) is 0 Å². The lowest BCUT2D eigenvalue weighted by Gasteiger charge is -2.03. The molecule has 7 heteroatoms. The summed E-state index contributed by atoms with van der Waals surface area (Å²) in [6.07, 6.45) is 1.24. The van der Waals surface area contributed by atoms with Crippen LogP contribution in [0.3, 0.4) is 0 Å². The number of aromatic nitrogens is 2. The Bertz CT molecular complexity index is 459. The zero-order valence-electron chi connectivity index (χ0n) is 7.40. The minimum Gasteiger partial charge on any atom is -0.480 e. The van der Waals surface area contributed by atoms with E-state index in [1.807, 2.05) is 4.98 Å². The lowest BCUT2D eigenvalue weighted by atomic mass is 10.5. The highest BCUT2D eigenvalue weighted by Crippen LogP contribution is 1.92. The van der Waals surface area contributed by atoms with Crippen LogP contribution in [0.25, 0.3) is 0 Å². The zero-order valence-corrected chi connectivity index (χ0v) is 7.40. The summed E-state index contributed by atoms with van der Waals surface area (Å²) in [5, 5.41) is 10.7. The first kappa shape index (κ1) is 10.0. The van der Waals surface area contributed by atoms with Gasteiger partial charge in [0, 0.05) is 13.2 Å². The van der Waals surface area contributed by atoms with Gasteiger partial charge in [0.15, 0.2) is 0 Å². The lowest BCUT2D eigenvalue weighted by Crippen LogP contribution is -2.30. The highest BCUT2D eigenvalue weighted by atomic mass is 16.4. The number of aromatic amines is 1. The quantitative estimate of drug-likeness (QED) is 0.553. The van der Waals surface area contributed by atoms with Crippen molar-refractivity contribution in [2.45, 2.75) is 0 Å². The van der Waals surface area contributed by atoms with Crippen LogP contribution in [0.15, 0.2) is 15.8 Å². The number of carboxylic acid groups (broad SMARTS) is 1. The highest BCUT2D eigenvalue weighted by Gasteiger charge is 2.03. The van der Waals surface area contributed by atoms with E-state index < -0.39 is 17.2 Å². The SMILES string of the molecule is Cn1cc(NCC(=O)O)c(=O)[nH]c1=O. The molecular weight excluding hydrogens is 190 g/mol. The van der Waals surface area contributed by atoms with Crippen LogP contribution in [0.5, 0.6) is 0 Å². The molecule has 76 valence electrons. The second-order valence-electron chi connectivity index (χ2n) is 2.66. The maximum Gasteiger partial charge on any atom is 0.328 e. The van der Waals surface area contributed by atoms with Gasteiger partial charge in [-0.15, -0.1) is 0 Å². The molecule has 0 spiro atoms. The minimum atomic E-state index is -1.08. The first-order chi connectivity index (χ1) is 6.50. The molecule has 1 aromatic heterocycles. The van der Waals surface area contributed by atoms with Gasteiger partial charge >= 0.3 is 11.7 Å². The second-order valence-corrected chi connectivity index (χ2v) is 2.66. The number of anilines is 1. The average Bonchev–Trinajstić information content (AvgIpc) is 2.09. The Morgan fingerprint density at radius 3 is 2.86 bits per heavy atom. The van der Waals surface area contributed by atoms with Crippen LogP contribution in [0.4, 0.5) is 5.69 Å². The Labute approximate surface area is 78.0 Å². The Morgan fingerprint density at radius 2 is 2.29 bits per heavy atom. The van der Waals surface area contributed by atoms with Gasteiger partial charge in [0.1, 0.15) is 12.2 Å². The minimum absolute atomic E-state index is 0.0505. The molecule has 0 unspecified atom stereocenters. The molecule has 0 atom stereocenters. The number of aliphatic carboxylic acids is 1. The fraction of sp³-hybridized carbons (Fsp3) is 0.286. The van der Waals surface area contributed by atoms with Crippen LogP contribution in [0.2, 0.25) is 0 Å². The summed E-state index contributed by atoms with van der Waals surface area (Å²) < 4.78 is 1.14. The van der Waals surface area contributed by atoms with Crippen molar-refractivity contribution in [1.29, 1.82) is 0 Å². The summed E-state index contributed by atoms with van der Waals surface area (Å²) >= 11 is 0. The topological polar surface area (TPSA) is 104 Å². The van der Waals surface area contributed by atoms with Crippen molar-refractivity contribution in [3.8, 4) is 0 Å². The molecule has 0 fully saturated rings. The number of hydrogen-bond acceptors (Lipinski definition) is 4. The monoisotopic (exact) mass is 199 g/mol. The Hall–Kier alpha value is -2.05. The van der Waals surface area contributed by atoms with E-state index in [-0.39, 0.29) is 12.2 Å². The normalized spacial score (nSPS) is 9.79. The van der Waals surface area contributed by atoms with E-state index in [4.69, 9.17) is 5.11 Å². The van der Waals surface area contributed by atoms with Gasteiger partial charge in [-0.25, -0.2) is 4.79 Å². The van der Waals surface area contributed by atoms with Crippen molar-refractivity contribution in [1.82, 2.24) is 9.55 Å². The third-order valence-corrected chi connectivity index (χ3v) is 1.54. The van der Waals surface area contributed by atoms with E-state index >= 15 is 0 Å². The van der Waals surface area contributed by atoms with Crippen molar-refractivity contribution in [2.75, 3.05) is 11.9 Å². The van der Waals surface area contributed by atoms with Crippen molar-refractivity contribution < 1.29 is 9.90 Å². The summed E-state index contributed by atoms with van der Waals surface area (Å²) in [6, 6.07) is 0. The van der Waals surface area contributed by atoms with Gasteiger partial charge in [-0.05, 0) is 0 Å². The molecule has 0 amide bonds. The maximum absolute atomic E-state index is 11.1. The molecule has 0 saturated heterocycles. The predicted molar refractivity (Wildman–Crippen MR) is 48.4 cm³/mol. The van der Waals surface area contributed by atoms with E-state index in [9.17, 15) is 14.4 Å². The van der Waals surface area contributed by atoms with Gasteiger partial charge < -0.3 is 15.0 Å². The van der Waals surface area contributed by atoms with Crippen LogP contribution >= 0.6 is 0 Å². The molecule has 0 aromatic carbocycles. The smallest absolute Gasteiger partial charge is 0.328 e. The van der Waals surface area contributed by atoms with Gasteiger partial charge in [0.2, 0.25) is 0 Å². The highest BCUT2D eigenvalue weighted by molar-refractivity contribution is 5.72. The molecule has 1 heterocycles. The van der Waals surface area contributed by atoms with Gasteiger partial charge in [0.05, 0.1) is 0 Å². The van der Waals surface area contributed by atoms with Crippen molar-refractivity contribution in [2.24, 2.45) is 7.05 Å². The van der Waals surface area contributed by atoms with Crippen LogP contribution in [0, 0.1) is 0 Å². The number of hydrogen-bond donors (Lipinski definition) is 3. The number of nitrogens with zero attached hydrogens (tertiary/aromatic N) is 1. The first-order valence-electron chi connectivity index (χ1n) is 3.76. The van der Waals surface area contributed by atoms with E-state index in [1.54, 1.807) is 0 Å². The summed E-state index contributed by atoms with van der Waals surface area (Å²) in [4.78, 5) is 34.2. The van der Waals surface area contributed by atoms with Gasteiger partial charge in [-0.3, -0.25) is 14.6 Å². The molecule has 3 N–H and O–H groups in total. The summed E-state index contributed by atoms with van der Waals surface area (Å²) in [5.41, 5.74) is -1.13. The van der Waals surface area contributed by atoms with Gasteiger partial charge in [-0.2, -0.15) is 0 Å². The fourth-order valence-electron chi connectivity index (χ4n) is 0.860. The molecule has 0 radical (unpaired) electrons. The average molecular weight is 199 g/mol. The molecule has 1 aromatic rings. The fourth-order valence-corrected chi connectivity index (χ4v) is 0.860. The molecule has 0 aliphatic heterocycles. The molecule has 14 heavy (non-hydrogen) atoms. The lowest BCUT2D eigenvalue weighted by molar-refractivity contribution is -0.134. The molecular formula is C7H9N3O4. The number of nitrogens with one attached hydrogen (secondary N) is 2. The Balaban J connectivity index is 2.99. The van der Waals surface area contributed by atoms with E-state index in [2.05, 4.69) is 5.32 Å². The van der Waals surface area contributed by atoms with Crippen molar-refractivity contribution in [3.63, 3.8) is 0 Å². The van der Waals surface area contributed by atoms with Gasteiger partial charge in [0.25, 0.3) is 5.56 Å². The van der Waals surface area contributed by atoms with Crippen LogP contribution in [-0.4, -0.2) is 27.2 Å². The molecule has 0 aliphatic rings.